The number of primary amides is 1. The highest BCUT2D eigenvalue weighted by Gasteiger charge is 2.26. The summed E-state index contributed by atoms with van der Waals surface area (Å²) < 4.78 is 0. The molecule has 0 aliphatic carbocycles. The highest BCUT2D eigenvalue weighted by atomic mass is 16.3. The first-order chi connectivity index (χ1) is 8.81. The van der Waals surface area contributed by atoms with Crippen LogP contribution < -0.4 is 16.4 Å². The highest BCUT2D eigenvalue weighted by molar-refractivity contribution is 5.86. The molecule has 0 aliphatic rings. The Morgan fingerprint density at radius 2 is 1.79 bits per heavy atom. The Hall–Kier alpha value is -1.30. The van der Waals surface area contributed by atoms with E-state index in [9.17, 15) is 14.7 Å². The van der Waals surface area contributed by atoms with Crippen LogP contribution in [0, 0.1) is 11.8 Å². The molecule has 3 unspecified atom stereocenters. The monoisotopic (exact) mass is 273 g/mol. The van der Waals surface area contributed by atoms with Crippen molar-refractivity contribution in [3.8, 4) is 0 Å². The van der Waals surface area contributed by atoms with Crippen LogP contribution in [0.25, 0.3) is 0 Å². The van der Waals surface area contributed by atoms with Crippen LogP contribution in [0.3, 0.4) is 0 Å². The number of carbonyl (C=O) groups excluding carboxylic acids is 2. The summed E-state index contributed by atoms with van der Waals surface area (Å²) in [6.45, 7) is 7.72. The average molecular weight is 273 g/mol. The molecule has 112 valence electrons. The average Bonchev–Trinajstić information content (AvgIpc) is 2.33. The Balaban J connectivity index is 4.65. The maximum atomic E-state index is 12.1. The lowest BCUT2D eigenvalue weighted by molar-refractivity contribution is -0.125. The van der Waals surface area contributed by atoms with Gasteiger partial charge in [-0.25, -0.2) is 4.79 Å². The minimum atomic E-state index is -0.718. The molecule has 3 amide bonds. The fourth-order valence-electron chi connectivity index (χ4n) is 1.89. The third kappa shape index (κ3) is 7.00. The van der Waals surface area contributed by atoms with Crippen LogP contribution in [0.1, 0.15) is 40.5 Å². The number of aliphatic hydroxyl groups is 1. The molecule has 0 spiro atoms. The maximum Gasteiger partial charge on any atom is 0.312 e. The fourth-order valence-corrected chi connectivity index (χ4v) is 1.89. The van der Waals surface area contributed by atoms with Gasteiger partial charge in [-0.15, -0.1) is 0 Å². The van der Waals surface area contributed by atoms with Gasteiger partial charge in [0.1, 0.15) is 6.04 Å². The predicted octanol–water partition coefficient (Wildman–Crippen LogP) is 0.593. The Bertz CT molecular complexity index is 295. The van der Waals surface area contributed by atoms with Crippen molar-refractivity contribution in [2.45, 2.75) is 52.6 Å². The second kappa shape index (κ2) is 8.74. The van der Waals surface area contributed by atoms with Gasteiger partial charge < -0.3 is 21.5 Å². The lowest BCUT2D eigenvalue weighted by Crippen LogP contribution is -2.54. The van der Waals surface area contributed by atoms with E-state index < -0.39 is 12.1 Å². The molecule has 0 aliphatic heterocycles. The van der Waals surface area contributed by atoms with Crippen molar-refractivity contribution in [2.24, 2.45) is 17.6 Å². The highest BCUT2D eigenvalue weighted by Crippen LogP contribution is 2.10. The zero-order chi connectivity index (χ0) is 15.0. The molecule has 0 fully saturated rings. The van der Waals surface area contributed by atoms with Gasteiger partial charge in [-0.05, 0) is 18.3 Å². The Morgan fingerprint density at radius 1 is 1.21 bits per heavy atom. The molecule has 0 aromatic heterocycles. The van der Waals surface area contributed by atoms with Gasteiger partial charge in [-0.1, -0.05) is 34.1 Å². The van der Waals surface area contributed by atoms with Crippen molar-refractivity contribution in [1.29, 1.82) is 0 Å². The second-order valence-corrected chi connectivity index (χ2v) is 5.39. The van der Waals surface area contributed by atoms with Gasteiger partial charge in [0.25, 0.3) is 0 Å². The van der Waals surface area contributed by atoms with Gasteiger partial charge in [0.15, 0.2) is 0 Å². The molecule has 0 bridgehead atoms. The van der Waals surface area contributed by atoms with Crippen LogP contribution in [0.5, 0.6) is 0 Å². The number of urea groups is 1. The first kappa shape index (κ1) is 17.7. The fraction of sp³-hybridized carbons (Fsp3) is 0.846. The van der Waals surface area contributed by atoms with Crippen molar-refractivity contribution < 1.29 is 14.7 Å². The van der Waals surface area contributed by atoms with Gasteiger partial charge in [0.2, 0.25) is 5.91 Å². The smallest absolute Gasteiger partial charge is 0.312 e. The molecule has 19 heavy (non-hydrogen) atoms. The second-order valence-electron chi connectivity index (χ2n) is 5.39. The van der Waals surface area contributed by atoms with Gasteiger partial charge in [0.05, 0.1) is 12.6 Å². The van der Waals surface area contributed by atoms with Crippen LogP contribution >= 0.6 is 0 Å². The standard InChI is InChI=1S/C13H27N3O3/c1-5-9(4)11(16-13(14)19)12(18)15-10(7-17)6-8(2)3/h8-11,17H,5-7H2,1-4H3,(H,15,18)(H3,14,16,19). The molecular formula is C13H27N3O3. The molecule has 5 N–H and O–H groups in total. The molecule has 0 saturated heterocycles. The Labute approximate surface area is 115 Å². The van der Waals surface area contributed by atoms with E-state index in [-0.39, 0.29) is 24.5 Å². The molecule has 6 nitrogen and oxygen atoms in total. The summed E-state index contributed by atoms with van der Waals surface area (Å²) in [6.07, 6.45) is 1.43. The summed E-state index contributed by atoms with van der Waals surface area (Å²) in [7, 11) is 0. The third-order valence-corrected chi connectivity index (χ3v) is 3.12. The number of amides is 3. The number of nitrogens with one attached hydrogen (secondary N) is 2. The molecule has 0 saturated carbocycles. The van der Waals surface area contributed by atoms with Gasteiger partial charge in [0, 0.05) is 0 Å². The lowest BCUT2D eigenvalue weighted by atomic mass is 9.97. The van der Waals surface area contributed by atoms with Crippen molar-refractivity contribution in [1.82, 2.24) is 10.6 Å². The minimum Gasteiger partial charge on any atom is -0.394 e. The zero-order valence-electron chi connectivity index (χ0n) is 12.3. The van der Waals surface area contributed by atoms with Crippen LogP contribution in [0.2, 0.25) is 0 Å². The summed E-state index contributed by atoms with van der Waals surface area (Å²) >= 11 is 0. The van der Waals surface area contributed by atoms with E-state index in [1.165, 1.54) is 0 Å². The van der Waals surface area contributed by atoms with E-state index in [1.54, 1.807) is 0 Å². The van der Waals surface area contributed by atoms with Crippen molar-refractivity contribution >= 4 is 11.9 Å². The molecule has 0 rings (SSSR count). The van der Waals surface area contributed by atoms with E-state index in [4.69, 9.17) is 5.73 Å². The summed E-state index contributed by atoms with van der Waals surface area (Å²) in [5.41, 5.74) is 5.09. The first-order valence-electron chi connectivity index (χ1n) is 6.78. The number of nitrogens with two attached hydrogens (primary N) is 1. The van der Waals surface area contributed by atoms with Gasteiger partial charge >= 0.3 is 6.03 Å². The van der Waals surface area contributed by atoms with Crippen LogP contribution in [-0.2, 0) is 4.79 Å². The van der Waals surface area contributed by atoms with Gasteiger partial charge in [-0.3, -0.25) is 4.79 Å². The quantitative estimate of drug-likeness (QED) is 0.520. The van der Waals surface area contributed by atoms with Crippen molar-refractivity contribution in [3.63, 3.8) is 0 Å². The third-order valence-electron chi connectivity index (χ3n) is 3.12. The lowest BCUT2D eigenvalue weighted by Gasteiger charge is -2.26. The van der Waals surface area contributed by atoms with Gasteiger partial charge in [-0.2, -0.15) is 0 Å². The molecular weight excluding hydrogens is 246 g/mol. The van der Waals surface area contributed by atoms with Crippen molar-refractivity contribution in [2.75, 3.05) is 6.61 Å². The summed E-state index contributed by atoms with van der Waals surface area (Å²) in [5, 5.41) is 14.5. The zero-order valence-corrected chi connectivity index (χ0v) is 12.3. The SMILES string of the molecule is CCC(C)C(NC(N)=O)C(=O)NC(CO)CC(C)C. The van der Waals surface area contributed by atoms with E-state index in [0.29, 0.717) is 12.3 Å². The van der Waals surface area contributed by atoms with Crippen LogP contribution in [-0.4, -0.2) is 35.7 Å². The molecule has 6 heteroatoms. The number of carbonyl (C=O) groups is 2. The molecule has 3 atom stereocenters. The molecule has 0 radical (unpaired) electrons. The summed E-state index contributed by atoms with van der Waals surface area (Å²) in [5.74, 6) is 0.0438. The van der Waals surface area contributed by atoms with Crippen molar-refractivity contribution in [3.05, 3.63) is 0 Å². The molecule has 0 heterocycles. The predicted molar refractivity (Wildman–Crippen MR) is 74.4 cm³/mol. The largest absolute Gasteiger partial charge is 0.394 e. The number of rotatable bonds is 8. The Kier molecular flexibility index (Phi) is 8.14. The number of hydrogen-bond donors (Lipinski definition) is 4. The van der Waals surface area contributed by atoms with Crippen LogP contribution in [0.15, 0.2) is 0 Å². The van der Waals surface area contributed by atoms with E-state index in [1.807, 2.05) is 27.7 Å². The van der Waals surface area contributed by atoms with E-state index >= 15 is 0 Å². The number of hydrogen-bond acceptors (Lipinski definition) is 3. The molecule has 0 aromatic rings. The number of aliphatic hydroxyl groups excluding tert-OH is 1. The summed E-state index contributed by atoms with van der Waals surface area (Å²) in [6, 6.07) is -1.68. The maximum absolute atomic E-state index is 12.1. The molecule has 0 aromatic carbocycles. The van der Waals surface area contributed by atoms with E-state index in [2.05, 4.69) is 10.6 Å². The summed E-state index contributed by atoms with van der Waals surface area (Å²) in [4.78, 5) is 23.1. The topological polar surface area (TPSA) is 104 Å². The Morgan fingerprint density at radius 3 is 2.16 bits per heavy atom. The first-order valence-corrected chi connectivity index (χ1v) is 6.78. The van der Waals surface area contributed by atoms with E-state index in [0.717, 1.165) is 6.42 Å². The normalized spacial score (nSPS) is 15.7. The minimum absolute atomic E-state index is 0.0223. The van der Waals surface area contributed by atoms with Crippen LogP contribution in [0.4, 0.5) is 4.79 Å².